The SMILES string of the molecule is CCCCC/C=C\CC1OC1C/C=C\C/C=C\CCCC(=O)OC[C@@H](O)COC(=O)CCCCCCCCCCC. The summed E-state index contributed by atoms with van der Waals surface area (Å²) in [6, 6.07) is 0. The summed E-state index contributed by atoms with van der Waals surface area (Å²) in [5.74, 6) is -0.640. The van der Waals surface area contributed by atoms with Crippen LogP contribution in [-0.2, 0) is 23.8 Å². The number of epoxide rings is 1. The molecule has 41 heavy (non-hydrogen) atoms. The summed E-state index contributed by atoms with van der Waals surface area (Å²) in [6.45, 7) is 4.17. The smallest absolute Gasteiger partial charge is 0.305 e. The molecule has 0 amide bonds. The lowest BCUT2D eigenvalue weighted by atomic mass is 10.1. The average Bonchev–Trinajstić information content (AvgIpc) is 3.72. The van der Waals surface area contributed by atoms with Gasteiger partial charge < -0.3 is 19.3 Å². The Morgan fingerprint density at radius 1 is 0.634 bits per heavy atom. The van der Waals surface area contributed by atoms with E-state index in [1.54, 1.807) is 0 Å². The topological polar surface area (TPSA) is 85.4 Å². The number of ether oxygens (including phenoxy) is 3. The standard InChI is InChI=1S/C35H60O6/c1-3-5-7-9-11-12-15-19-23-27-34(37)39-29-31(36)30-40-35(38)28-24-20-16-13-14-18-22-26-33-32(41-33)25-21-17-10-8-6-4-2/h13,16-18,21-22,31-33,36H,3-12,14-15,19-20,23-30H2,1-2H3/b16-13-,21-17-,22-18-/t31-,32?,33?/m0/s1. The van der Waals surface area contributed by atoms with E-state index in [1.807, 2.05) is 0 Å². The number of carbonyl (C=O) groups is 2. The molecule has 1 rings (SSSR count). The van der Waals surface area contributed by atoms with E-state index in [1.165, 1.54) is 64.2 Å². The fourth-order valence-corrected chi connectivity index (χ4v) is 4.59. The number of allylic oxidation sites excluding steroid dienone is 4. The molecule has 6 nitrogen and oxygen atoms in total. The maximum absolute atomic E-state index is 11.9. The number of carbonyl (C=O) groups excluding carboxylic acids is 2. The minimum Gasteiger partial charge on any atom is -0.463 e. The van der Waals surface area contributed by atoms with Crippen LogP contribution < -0.4 is 0 Å². The van der Waals surface area contributed by atoms with Gasteiger partial charge in [-0.25, -0.2) is 0 Å². The Bertz CT molecular complexity index is 728. The first-order chi connectivity index (χ1) is 20.1. The second-order valence-electron chi connectivity index (χ2n) is 11.3. The molecule has 0 radical (unpaired) electrons. The highest BCUT2D eigenvalue weighted by molar-refractivity contribution is 5.69. The van der Waals surface area contributed by atoms with E-state index in [2.05, 4.69) is 50.3 Å². The molecule has 1 fully saturated rings. The zero-order valence-electron chi connectivity index (χ0n) is 26.2. The average molecular weight is 577 g/mol. The maximum atomic E-state index is 11.9. The summed E-state index contributed by atoms with van der Waals surface area (Å²) in [7, 11) is 0. The van der Waals surface area contributed by atoms with Gasteiger partial charge in [-0.2, -0.15) is 0 Å². The molecule has 1 N–H and O–H groups in total. The predicted octanol–water partition coefficient (Wildman–Crippen LogP) is 8.71. The minimum absolute atomic E-state index is 0.135. The van der Waals surface area contributed by atoms with Gasteiger partial charge in [-0.3, -0.25) is 9.59 Å². The number of aliphatic hydroxyl groups is 1. The van der Waals surface area contributed by atoms with E-state index in [9.17, 15) is 14.7 Å². The highest BCUT2D eigenvalue weighted by Gasteiger charge is 2.35. The van der Waals surface area contributed by atoms with E-state index in [0.717, 1.165) is 44.9 Å². The summed E-state index contributed by atoms with van der Waals surface area (Å²) in [4.78, 5) is 23.7. The third-order valence-electron chi connectivity index (χ3n) is 7.28. The predicted molar refractivity (Wildman–Crippen MR) is 168 cm³/mol. The molecule has 2 unspecified atom stereocenters. The molecular weight excluding hydrogens is 516 g/mol. The first kappa shape index (κ1) is 37.1. The van der Waals surface area contributed by atoms with Crippen LogP contribution in [0.15, 0.2) is 36.5 Å². The molecule has 1 heterocycles. The quantitative estimate of drug-likeness (QED) is 0.0434. The first-order valence-electron chi connectivity index (χ1n) is 16.7. The van der Waals surface area contributed by atoms with Crippen LogP contribution in [0.25, 0.3) is 0 Å². The number of aliphatic hydroxyl groups excluding tert-OH is 1. The number of esters is 2. The molecule has 1 saturated heterocycles. The van der Waals surface area contributed by atoms with Crippen LogP contribution in [-0.4, -0.2) is 48.6 Å². The summed E-state index contributed by atoms with van der Waals surface area (Å²) in [6.07, 6.45) is 33.7. The van der Waals surface area contributed by atoms with Crippen LogP contribution in [0.4, 0.5) is 0 Å². The van der Waals surface area contributed by atoms with Crippen LogP contribution in [0.2, 0.25) is 0 Å². The Kier molecular flexibility index (Phi) is 24.4. The van der Waals surface area contributed by atoms with Crippen molar-refractivity contribution in [2.75, 3.05) is 13.2 Å². The molecule has 0 bridgehead atoms. The zero-order valence-corrected chi connectivity index (χ0v) is 26.2. The summed E-state index contributed by atoms with van der Waals surface area (Å²) in [5, 5.41) is 9.93. The number of hydrogen-bond acceptors (Lipinski definition) is 6. The van der Waals surface area contributed by atoms with Gasteiger partial charge in [0.2, 0.25) is 0 Å². The van der Waals surface area contributed by atoms with Gasteiger partial charge in [0.25, 0.3) is 0 Å². The third-order valence-corrected chi connectivity index (χ3v) is 7.28. The number of hydrogen-bond donors (Lipinski definition) is 1. The second-order valence-corrected chi connectivity index (χ2v) is 11.3. The lowest BCUT2D eigenvalue weighted by Crippen LogP contribution is -2.25. The highest BCUT2D eigenvalue weighted by Crippen LogP contribution is 2.29. The van der Waals surface area contributed by atoms with Crippen LogP contribution >= 0.6 is 0 Å². The summed E-state index contributed by atoms with van der Waals surface area (Å²) in [5.41, 5.74) is 0. The molecule has 0 spiro atoms. The maximum Gasteiger partial charge on any atom is 0.305 e. The minimum atomic E-state index is -0.985. The number of unbranched alkanes of at least 4 members (excludes halogenated alkanes) is 12. The van der Waals surface area contributed by atoms with Gasteiger partial charge in [0.1, 0.15) is 19.3 Å². The van der Waals surface area contributed by atoms with Crippen LogP contribution in [0.5, 0.6) is 0 Å². The Balaban J connectivity index is 1.90. The fraction of sp³-hybridized carbons (Fsp3) is 0.771. The Labute approximate surface area is 251 Å². The van der Waals surface area contributed by atoms with E-state index in [-0.39, 0.29) is 25.2 Å². The van der Waals surface area contributed by atoms with Crippen molar-refractivity contribution in [3.8, 4) is 0 Å². The first-order valence-corrected chi connectivity index (χ1v) is 16.7. The van der Waals surface area contributed by atoms with Crippen molar-refractivity contribution >= 4 is 11.9 Å². The number of rotatable bonds is 28. The molecule has 6 heteroatoms. The van der Waals surface area contributed by atoms with Crippen LogP contribution in [0.1, 0.15) is 142 Å². The molecule has 236 valence electrons. The van der Waals surface area contributed by atoms with Crippen LogP contribution in [0.3, 0.4) is 0 Å². The van der Waals surface area contributed by atoms with Gasteiger partial charge in [0.15, 0.2) is 0 Å². The lowest BCUT2D eigenvalue weighted by Gasteiger charge is -2.12. The molecule has 3 atom stereocenters. The van der Waals surface area contributed by atoms with E-state index >= 15 is 0 Å². The molecule has 0 aromatic carbocycles. The second kappa shape index (κ2) is 26.9. The summed E-state index contributed by atoms with van der Waals surface area (Å²) < 4.78 is 15.9. The molecular formula is C35H60O6. The van der Waals surface area contributed by atoms with Crippen molar-refractivity contribution in [1.82, 2.24) is 0 Å². The Morgan fingerprint density at radius 3 is 1.73 bits per heavy atom. The Hall–Kier alpha value is -1.92. The van der Waals surface area contributed by atoms with Crippen molar-refractivity contribution in [3.63, 3.8) is 0 Å². The van der Waals surface area contributed by atoms with Gasteiger partial charge >= 0.3 is 11.9 Å². The fourth-order valence-electron chi connectivity index (χ4n) is 4.59. The molecule has 0 aliphatic carbocycles. The van der Waals surface area contributed by atoms with Crippen molar-refractivity contribution in [2.24, 2.45) is 0 Å². The van der Waals surface area contributed by atoms with Gasteiger partial charge in [-0.05, 0) is 51.4 Å². The van der Waals surface area contributed by atoms with Crippen molar-refractivity contribution < 1.29 is 28.9 Å². The van der Waals surface area contributed by atoms with Gasteiger partial charge in [-0.1, -0.05) is 115 Å². The third kappa shape index (κ3) is 24.4. The van der Waals surface area contributed by atoms with Crippen molar-refractivity contribution in [1.29, 1.82) is 0 Å². The Morgan fingerprint density at radius 2 is 1.10 bits per heavy atom. The van der Waals surface area contributed by atoms with E-state index in [4.69, 9.17) is 14.2 Å². The molecule has 0 aromatic rings. The summed E-state index contributed by atoms with van der Waals surface area (Å²) >= 11 is 0. The van der Waals surface area contributed by atoms with E-state index < -0.39 is 6.10 Å². The lowest BCUT2D eigenvalue weighted by molar-refractivity contribution is -0.152. The van der Waals surface area contributed by atoms with Gasteiger partial charge in [-0.15, -0.1) is 0 Å². The zero-order chi connectivity index (χ0) is 29.8. The molecule has 0 saturated carbocycles. The van der Waals surface area contributed by atoms with Crippen LogP contribution in [0, 0.1) is 0 Å². The normalized spacial score (nSPS) is 17.5. The highest BCUT2D eigenvalue weighted by atomic mass is 16.6. The largest absolute Gasteiger partial charge is 0.463 e. The van der Waals surface area contributed by atoms with Gasteiger partial charge in [0, 0.05) is 12.8 Å². The molecule has 1 aliphatic heterocycles. The van der Waals surface area contributed by atoms with E-state index in [0.29, 0.717) is 31.5 Å². The molecule has 0 aromatic heterocycles. The van der Waals surface area contributed by atoms with Crippen molar-refractivity contribution in [3.05, 3.63) is 36.5 Å². The molecule has 1 aliphatic rings. The van der Waals surface area contributed by atoms with Crippen molar-refractivity contribution in [2.45, 2.75) is 161 Å². The monoisotopic (exact) mass is 576 g/mol. The van der Waals surface area contributed by atoms with Gasteiger partial charge in [0.05, 0.1) is 12.2 Å².